The van der Waals surface area contributed by atoms with E-state index in [-0.39, 0.29) is 23.9 Å². The Hall–Kier alpha value is -2.06. The lowest BCUT2D eigenvalue weighted by Crippen LogP contribution is -2.36. The van der Waals surface area contributed by atoms with Gasteiger partial charge < -0.3 is 19.7 Å². The number of amides is 1. The van der Waals surface area contributed by atoms with Gasteiger partial charge in [0.25, 0.3) is 0 Å². The van der Waals surface area contributed by atoms with Gasteiger partial charge in [-0.1, -0.05) is 12.8 Å². The van der Waals surface area contributed by atoms with Crippen molar-refractivity contribution in [3.8, 4) is 12.3 Å². The molecule has 1 fully saturated rings. The molecule has 1 aromatic heterocycles. The first-order valence-electron chi connectivity index (χ1n) is 7.94. The Balaban J connectivity index is 2.21. The maximum atomic E-state index is 12.3. The number of nitrogens with one attached hydrogen (secondary N) is 1. The molecule has 0 bridgehead atoms. The summed E-state index contributed by atoms with van der Waals surface area (Å²) in [7, 11) is 0. The van der Waals surface area contributed by atoms with Gasteiger partial charge in [-0.3, -0.25) is 9.88 Å². The van der Waals surface area contributed by atoms with E-state index in [9.17, 15) is 19.8 Å². The van der Waals surface area contributed by atoms with Crippen molar-refractivity contribution in [1.29, 1.82) is 0 Å². The summed E-state index contributed by atoms with van der Waals surface area (Å²) >= 11 is 4.09. The predicted molar refractivity (Wildman–Crippen MR) is 96.0 cm³/mol. The second kappa shape index (κ2) is 8.55. The lowest BCUT2D eigenvalue weighted by Gasteiger charge is -2.18. The van der Waals surface area contributed by atoms with Crippen molar-refractivity contribution in [2.45, 2.75) is 38.4 Å². The van der Waals surface area contributed by atoms with Crippen LogP contribution in [0.2, 0.25) is 0 Å². The summed E-state index contributed by atoms with van der Waals surface area (Å²) in [6.45, 7) is 3.57. The Morgan fingerprint density at radius 2 is 2.27 bits per heavy atom. The van der Waals surface area contributed by atoms with Crippen molar-refractivity contribution >= 4 is 24.5 Å². The minimum Gasteiger partial charge on any atom is -0.449 e. The molecule has 5 atom stereocenters. The molecule has 1 aliphatic heterocycles. The van der Waals surface area contributed by atoms with Crippen molar-refractivity contribution in [2.75, 3.05) is 17.7 Å². The topological polar surface area (TPSA) is 123 Å². The fourth-order valence-electron chi connectivity index (χ4n) is 2.31. The minimum atomic E-state index is -1.32. The number of rotatable bonds is 5. The molecule has 1 amide bonds. The second-order valence-electron chi connectivity index (χ2n) is 6.06. The van der Waals surface area contributed by atoms with Gasteiger partial charge in [-0.05, 0) is 18.6 Å². The largest absolute Gasteiger partial charge is 0.449 e. The molecule has 2 heterocycles. The fourth-order valence-corrected chi connectivity index (χ4v) is 2.42. The van der Waals surface area contributed by atoms with Gasteiger partial charge in [-0.2, -0.15) is 17.6 Å². The van der Waals surface area contributed by atoms with E-state index in [2.05, 4.69) is 28.8 Å². The molecule has 3 unspecified atom stereocenters. The van der Waals surface area contributed by atoms with E-state index >= 15 is 0 Å². The SMILES string of the molecule is C#Cc1cn([C@@H]2O[C@H](C)C(O)C2O)c(=O)nc1NC(=O)OCC(C)CS. The first kappa shape index (κ1) is 20.3. The lowest BCUT2D eigenvalue weighted by molar-refractivity contribution is -0.0350. The number of terminal acetylenes is 1. The summed E-state index contributed by atoms with van der Waals surface area (Å²) in [5.74, 6) is 2.77. The number of hydrogen-bond donors (Lipinski definition) is 4. The molecule has 1 aromatic rings. The Labute approximate surface area is 155 Å². The number of aliphatic hydroxyl groups excluding tert-OH is 2. The molecule has 2 rings (SSSR count). The van der Waals surface area contributed by atoms with Crippen LogP contribution in [0.3, 0.4) is 0 Å². The molecule has 10 heteroatoms. The van der Waals surface area contributed by atoms with Crippen molar-refractivity contribution < 1.29 is 24.5 Å². The number of aliphatic hydroxyl groups is 2. The molecule has 0 radical (unpaired) electrons. The zero-order chi connectivity index (χ0) is 19.4. The maximum Gasteiger partial charge on any atom is 0.412 e. The maximum absolute atomic E-state index is 12.3. The Morgan fingerprint density at radius 1 is 1.58 bits per heavy atom. The lowest BCUT2D eigenvalue weighted by atomic mass is 10.1. The average Bonchev–Trinajstić information content (AvgIpc) is 2.87. The number of anilines is 1. The molecule has 9 nitrogen and oxygen atoms in total. The van der Waals surface area contributed by atoms with Crippen LogP contribution < -0.4 is 11.0 Å². The van der Waals surface area contributed by atoms with Crippen LogP contribution in [-0.4, -0.2) is 56.5 Å². The van der Waals surface area contributed by atoms with Crippen LogP contribution in [-0.2, 0) is 9.47 Å². The molecule has 0 saturated carbocycles. The van der Waals surface area contributed by atoms with Crippen molar-refractivity contribution in [3.63, 3.8) is 0 Å². The first-order chi connectivity index (χ1) is 12.3. The smallest absolute Gasteiger partial charge is 0.412 e. The van der Waals surface area contributed by atoms with Crippen LogP contribution in [0.15, 0.2) is 11.0 Å². The van der Waals surface area contributed by atoms with Crippen LogP contribution in [0.1, 0.15) is 25.6 Å². The third kappa shape index (κ3) is 4.37. The zero-order valence-electron chi connectivity index (χ0n) is 14.3. The summed E-state index contributed by atoms with van der Waals surface area (Å²) in [6.07, 6.45) is 1.56. The first-order valence-corrected chi connectivity index (χ1v) is 8.57. The van der Waals surface area contributed by atoms with E-state index in [4.69, 9.17) is 15.9 Å². The molecular weight excluding hydrogens is 362 g/mol. The number of carbonyl (C=O) groups is 1. The Morgan fingerprint density at radius 3 is 2.81 bits per heavy atom. The van der Waals surface area contributed by atoms with Crippen molar-refractivity contribution in [1.82, 2.24) is 9.55 Å². The van der Waals surface area contributed by atoms with E-state index in [0.717, 1.165) is 4.57 Å². The van der Waals surface area contributed by atoms with E-state index in [0.29, 0.717) is 5.75 Å². The van der Waals surface area contributed by atoms with Gasteiger partial charge in [0.1, 0.15) is 12.2 Å². The van der Waals surface area contributed by atoms with Gasteiger partial charge in [0.2, 0.25) is 0 Å². The van der Waals surface area contributed by atoms with E-state index < -0.39 is 36.3 Å². The molecular formula is C16H21N3O6S. The number of thiol groups is 1. The standard InChI is InChI=1S/C16H21N3O6S/c1-4-10-5-19(14-12(21)11(20)9(3)25-14)15(22)17-13(10)18-16(23)24-6-8(2)7-26/h1,5,8-9,11-12,14,20-21,26H,6-7H2,2-3H3,(H,17,18,22,23)/t8?,9-,11?,12?,14-/m1/s1. The molecule has 0 spiro atoms. The zero-order valence-corrected chi connectivity index (χ0v) is 15.2. The van der Waals surface area contributed by atoms with Gasteiger partial charge in [0.05, 0.1) is 18.3 Å². The van der Waals surface area contributed by atoms with E-state index in [1.165, 1.54) is 6.20 Å². The van der Waals surface area contributed by atoms with E-state index in [1.807, 2.05) is 6.92 Å². The van der Waals surface area contributed by atoms with E-state index in [1.54, 1.807) is 6.92 Å². The number of hydrogen-bond acceptors (Lipinski definition) is 8. The van der Waals surface area contributed by atoms with Crippen LogP contribution in [0.25, 0.3) is 0 Å². The molecule has 142 valence electrons. The normalized spacial score (nSPS) is 26.2. The van der Waals surface area contributed by atoms with Gasteiger partial charge >= 0.3 is 11.8 Å². The molecule has 1 saturated heterocycles. The number of nitrogens with zero attached hydrogens (tertiary/aromatic N) is 2. The Kier molecular flexibility index (Phi) is 6.66. The molecule has 1 aliphatic rings. The molecule has 3 N–H and O–H groups in total. The molecule has 26 heavy (non-hydrogen) atoms. The highest BCUT2D eigenvalue weighted by Crippen LogP contribution is 2.28. The molecule has 0 aliphatic carbocycles. The average molecular weight is 383 g/mol. The summed E-state index contributed by atoms with van der Waals surface area (Å²) in [5.41, 5.74) is -0.720. The van der Waals surface area contributed by atoms with Crippen LogP contribution in [0, 0.1) is 18.3 Å². The third-order valence-electron chi connectivity index (χ3n) is 3.89. The summed E-state index contributed by atoms with van der Waals surface area (Å²) < 4.78 is 11.4. The van der Waals surface area contributed by atoms with Crippen molar-refractivity contribution in [2.24, 2.45) is 5.92 Å². The minimum absolute atomic E-state index is 0.0616. The van der Waals surface area contributed by atoms with Crippen LogP contribution in [0.4, 0.5) is 10.6 Å². The van der Waals surface area contributed by atoms with Crippen molar-refractivity contribution in [3.05, 3.63) is 22.2 Å². The number of carbonyl (C=O) groups excluding carboxylic acids is 1. The van der Waals surface area contributed by atoms with Gasteiger partial charge in [-0.25, -0.2) is 9.59 Å². The van der Waals surface area contributed by atoms with Crippen LogP contribution >= 0.6 is 12.6 Å². The summed E-state index contributed by atoms with van der Waals surface area (Å²) in [5, 5.41) is 22.1. The quantitative estimate of drug-likeness (QED) is 0.416. The summed E-state index contributed by atoms with van der Waals surface area (Å²) in [4.78, 5) is 27.8. The highest BCUT2D eigenvalue weighted by molar-refractivity contribution is 7.80. The summed E-state index contributed by atoms with van der Waals surface area (Å²) in [6, 6.07) is 0. The number of aromatic nitrogens is 2. The highest BCUT2D eigenvalue weighted by atomic mass is 32.1. The fraction of sp³-hybridized carbons (Fsp3) is 0.562. The molecule has 0 aromatic carbocycles. The van der Waals surface area contributed by atoms with Crippen LogP contribution in [0.5, 0.6) is 0 Å². The van der Waals surface area contributed by atoms with Gasteiger partial charge in [-0.15, -0.1) is 6.42 Å². The predicted octanol–water partition coefficient (Wildman–Crippen LogP) is -0.0219. The highest BCUT2D eigenvalue weighted by Gasteiger charge is 2.42. The Bertz CT molecular complexity index is 761. The van der Waals surface area contributed by atoms with Gasteiger partial charge in [0.15, 0.2) is 12.0 Å². The monoisotopic (exact) mass is 383 g/mol. The second-order valence-corrected chi connectivity index (χ2v) is 6.43. The number of ether oxygens (including phenoxy) is 2. The third-order valence-corrected chi connectivity index (χ3v) is 4.51. The van der Waals surface area contributed by atoms with Gasteiger partial charge in [0, 0.05) is 6.20 Å².